The van der Waals surface area contributed by atoms with Crippen LogP contribution in [0.1, 0.15) is 0 Å². The summed E-state index contributed by atoms with van der Waals surface area (Å²) in [5.41, 5.74) is 2.60. The molecular formula is C5H2ClN3S2. The molecule has 2 rings (SSSR count). The van der Waals surface area contributed by atoms with Gasteiger partial charge in [0.05, 0.1) is 5.51 Å². The Morgan fingerprint density at radius 2 is 2.27 bits per heavy atom. The van der Waals surface area contributed by atoms with Crippen molar-refractivity contribution < 1.29 is 0 Å². The molecule has 0 bridgehead atoms. The van der Waals surface area contributed by atoms with Gasteiger partial charge in [0.25, 0.3) is 0 Å². The van der Waals surface area contributed by atoms with Gasteiger partial charge in [0, 0.05) is 5.38 Å². The first-order valence-electron chi connectivity index (χ1n) is 2.74. The second-order valence-electron chi connectivity index (χ2n) is 1.73. The van der Waals surface area contributed by atoms with Gasteiger partial charge < -0.3 is 0 Å². The van der Waals surface area contributed by atoms with Gasteiger partial charge in [-0.15, -0.1) is 21.5 Å². The van der Waals surface area contributed by atoms with Gasteiger partial charge in [0.2, 0.25) is 4.47 Å². The van der Waals surface area contributed by atoms with Crippen LogP contribution >= 0.6 is 34.3 Å². The lowest BCUT2D eigenvalue weighted by Crippen LogP contribution is -1.73. The van der Waals surface area contributed by atoms with E-state index in [2.05, 4.69) is 15.2 Å². The van der Waals surface area contributed by atoms with Gasteiger partial charge in [-0.2, -0.15) is 0 Å². The van der Waals surface area contributed by atoms with E-state index in [0.717, 1.165) is 10.7 Å². The maximum absolute atomic E-state index is 5.60. The summed E-state index contributed by atoms with van der Waals surface area (Å²) >= 11 is 8.46. The highest BCUT2D eigenvalue weighted by molar-refractivity contribution is 7.18. The lowest BCUT2D eigenvalue weighted by Gasteiger charge is -1.80. The predicted molar refractivity (Wildman–Crippen MR) is 46.0 cm³/mol. The van der Waals surface area contributed by atoms with Crippen LogP contribution in [-0.4, -0.2) is 15.2 Å². The number of halogens is 1. The van der Waals surface area contributed by atoms with E-state index in [-0.39, 0.29) is 0 Å². The van der Waals surface area contributed by atoms with Gasteiger partial charge in [-0.05, 0) is 11.6 Å². The van der Waals surface area contributed by atoms with Crippen LogP contribution in [0, 0.1) is 0 Å². The average molecular weight is 204 g/mol. The number of aromatic nitrogens is 3. The van der Waals surface area contributed by atoms with Crippen LogP contribution < -0.4 is 0 Å². The van der Waals surface area contributed by atoms with Crippen LogP contribution in [0.25, 0.3) is 10.7 Å². The molecule has 2 aromatic rings. The Labute approximate surface area is 75.7 Å². The number of rotatable bonds is 1. The Bertz CT molecular complexity index is 342. The molecule has 0 unspecified atom stereocenters. The van der Waals surface area contributed by atoms with Crippen molar-refractivity contribution in [2.24, 2.45) is 0 Å². The fourth-order valence-corrected chi connectivity index (χ4v) is 2.03. The molecule has 0 spiro atoms. The Morgan fingerprint density at radius 3 is 2.82 bits per heavy atom. The molecule has 6 heteroatoms. The minimum absolute atomic E-state index is 0.452. The molecule has 3 nitrogen and oxygen atoms in total. The second-order valence-corrected chi connectivity index (χ2v) is 4.01. The zero-order valence-corrected chi connectivity index (χ0v) is 7.58. The number of thiazole rings is 1. The minimum Gasteiger partial charge on any atom is -0.242 e. The van der Waals surface area contributed by atoms with E-state index in [9.17, 15) is 0 Å². The largest absolute Gasteiger partial charge is 0.242 e. The first-order chi connectivity index (χ1) is 5.36. The lowest BCUT2D eigenvalue weighted by atomic mass is 10.5. The van der Waals surface area contributed by atoms with Gasteiger partial charge in [0.1, 0.15) is 5.69 Å². The quantitative estimate of drug-likeness (QED) is 0.714. The molecule has 0 aliphatic heterocycles. The molecule has 56 valence electrons. The highest BCUT2D eigenvalue weighted by Gasteiger charge is 2.05. The van der Waals surface area contributed by atoms with Crippen LogP contribution in [0.15, 0.2) is 10.9 Å². The molecular weight excluding hydrogens is 202 g/mol. The number of hydrogen-bond acceptors (Lipinski definition) is 5. The first kappa shape index (κ1) is 7.15. The van der Waals surface area contributed by atoms with Crippen LogP contribution in [0.2, 0.25) is 4.47 Å². The maximum Gasteiger partial charge on any atom is 0.207 e. The van der Waals surface area contributed by atoms with Gasteiger partial charge in [-0.1, -0.05) is 11.3 Å². The van der Waals surface area contributed by atoms with Crippen LogP contribution in [0.4, 0.5) is 0 Å². The maximum atomic E-state index is 5.60. The first-order valence-corrected chi connectivity index (χ1v) is 4.87. The molecule has 0 fully saturated rings. The molecule has 0 radical (unpaired) electrons. The Hall–Kier alpha value is -0.520. The topological polar surface area (TPSA) is 38.7 Å². The standard InChI is InChI=1S/C5H2ClN3S2/c6-5-9-8-4(11-5)3-1-10-2-7-3/h1-2H. The normalized spacial score (nSPS) is 10.3. The van der Waals surface area contributed by atoms with E-state index in [4.69, 9.17) is 11.6 Å². The Kier molecular flexibility index (Phi) is 1.85. The second kappa shape index (κ2) is 2.84. The number of hydrogen-bond donors (Lipinski definition) is 0. The molecule has 0 amide bonds. The van der Waals surface area contributed by atoms with E-state index < -0.39 is 0 Å². The van der Waals surface area contributed by atoms with E-state index in [0.29, 0.717) is 4.47 Å². The van der Waals surface area contributed by atoms with Crippen LogP contribution in [-0.2, 0) is 0 Å². The summed E-state index contributed by atoms with van der Waals surface area (Å²) in [7, 11) is 0. The fourth-order valence-electron chi connectivity index (χ4n) is 0.627. The molecule has 11 heavy (non-hydrogen) atoms. The molecule has 0 aliphatic rings. The minimum atomic E-state index is 0.452. The van der Waals surface area contributed by atoms with Gasteiger partial charge in [-0.25, -0.2) is 4.98 Å². The summed E-state index contributed by atoms with van der Waals surface area (Å²) in [6.07, 6.45) is 0. The monoisotopic (exact) mass is 203 g/mol. The van der Waals surface area contributed by atoms with Gasteiger partial charge >= 0.3 is 0 Å². The molecule has 0 N–H and O–H groups in total. The van der Waals surface area contributed by atoms with Crippen LogP contribution in [0.3, 0.4) is 0 Å². The molecule has 2 heterocycles. The summed E-state index contributed by atoms with van der Waals surface area (Å²) in [6, 6.07) is 0. The molecule has 0 saturated heterocycles. The summed E-state index contributed by atoms with van der Waals surface area (Å²) in [4.78, 5) is 4.07. The average Bonchev–Trinajstić information content (AvgIpc) is 2.55. The summed E-state index contributed by atoms with van der Waals surface area (Å²) in [5.74, 6) is 0. The van der Waals surface area contributed by atoms with E-state index in [1.165, 1.54) is 22.7 Å². The van der Waals surface area contributed by atoms with Crippen molar-refractivity contribution in [1.82, 2.24) is 15.2 Å². The van der Waals surface area contributed by atoms with Crippen molar-refractivity contribution in [3.8, 4) is 10.7 Å². The zero-order valence-electron chi connectivity index (χ0n) is 5.19. The zero-order chi connectivity index (χ0) is 7.68. The SMILES string of the molecule is Clc1nnc(-c2cscn2)s1. The lowest BCUT2D eigenvalue weighted by molar-refractivity contribution is 1.09. The number of nitrogens with zero attached hydrogens (tertiary/aromatic N) is 3. The van der Waals surface area contributed by atoms with E-state index >= 15 is 0 Å². The highest BCUT2D eigenvalue weighted by atomic mass is 35.5. The van der Waals surface area contributed by atoms with E-state index in [1.807, 2.05) is 5.38 Å². The van der Waals surface area contributed by atoms with Gasteiger partial charge in [0.15, 0.2) is 5.01 Å². The third kappa shape index (κ3) is 1.40. The smallest absolute Gasteiger partial charge is 0.207 e. The van der Waals surface area contributed by atoms with E-state index in [1.54, 1.807) is 5.51 Å². The molecule has 0 aromatic carbocycles. The van der Waals surface area contributed by atoms with Crippen molar-refractivity contribution >= 4 is 34.3 Å². The third-order valence-electron chi connectivity index (χ3n) is 1.05. The molecule has 0 atom stereocenters. The third-order valence-corrected chi connectivity index (χ3v) is 2.68. The molecule has 2 aromatic heterocycles. The van der Waals surface area contributed by atoms with Gasteiger partial charge in [-0.3, -0.25) is 0 Å². The van der Waals surface area contributed by atoms with Crippen molar-refractivity contribution in [2.75, 3.05) is 0 Å². The molecule has 0 saturated carbocycles. The summed E-state index contributed by atoms with van der Waals surface area (Å²) in [5, 5.41) is 10.2. The summed E-state index contributed by atoms with van der Waals surface area (Å²) < 4.78 is 0.452. The van der Waals surface area contributed by atoms with Crippen molar-refractivity contribution in [1.29, 1.82) is 0 Å². The fraction of sp³-hybridized carbons (Fsp3) is 0. The highest BCUT2D eigenvalue weighted by Crippen LogP contribution is 2.25. The molecule has 0 aliphatic carbocycles. The van der Waals surface area contributed by atoms with Crippen molar-refractivity contribution in [3.05, 3.63) is 15.4 Å². The summed E-state index contributed by atoms with van der Waals surface area (Å²) in [6.45, 7) is 0. The Morgan fingerprint density at radius 1 is 1.36 bits per heavy atom. The van der Waals surface area contributed by atoms with Crippen molar-refractivity contribution in [2.45, 2.75) is 0 Å². The van der Waals surface area contributed by atoms with Crippen LogP contribution in [0.5, 0.6) is 0 Å². The predicted octanol–water partition coefficient (Wildman–Crippen LogP) is 2.32. The van der Waals surface area contributed by atoms with Crippen molar-refractivity contribution in [3.63, 3.8) is 0 Å². The Balaban J connectivity index is 2.45.